The van der Waals surface area contributed by atoms with Crippen LogP contribution in [0.4, 0.5) is 0 Å². The normalized spacial score (nSPS) is 16.9. The highest BCUT2D eigenvalue weighted by Crippen LogP contribution is 2.34. The van der Waals surface area contributed by atoms with E-state index in [-0.39, 0.29) is 6.10 Å². The maximum absolute atomic E-state index is 5.82. The first-order valence-corrected chi connectivity index (χ1v) is 7.81. The molecular formula is C17H27NO2. The van der Waals surface area contributed by atoms with E-state index in [1.807, 2.05) is 0 Å². The van der Waals surface area contributed by atoms with Crippen LogP contribution in [0, 0.1) is 0 Å². The lowest BCUT2D eigenvalue weighted by molar-refractivity contribution is 0.254. The Bertz CT molecular complexity index is 431. The van der Waals surface area contributed by atoms with Gasteiger partial charge in [-0.15, -0.1) is 0 Å². The summed E-state index contributed by atoms with van der Waals surface area (Å²) in [6, 6.07) is 4.27. The topological polar surface area (TPSA) is 30.5 Å². The van der Waals surface area contributed by atoms with Gasteiger partial charge in [0.25, 0.3) is 0 Å². The van der Waals surface area contributed by atoms with E-state index in [9.17, 15) is 0 Å². The molecule has 1 aliphatic heterocycles. The van der Waals surface area contributed by atoms with Gasteiger partial charge in [0.05, 0.1) is 7.11 Å². The zero-order valence-electron chi connectivity index (χ0n) is 13.0. The summed E-state index contributed by atoms with van der Waals surface area (Å²) < 4.78 is 11.3. The number of fused-ring (bicyclic) bond motifs is 1. The Morgan fingerprint density at radius 1 is 1.30 bits per heavy atom. The van der Waals surface area contributed by atoms with Gasteiger partial charge < -0.3 is 14.8 Å². The predicted octanol–water partition coefficient (Wildman–Crippen LogP) is 3.69. The van der Waals surface area contributed by atoms with E-state index >= 15 is 0 Å². The summed E-state index contributed by atoms with van der Waals surface area (Å²) in [6.07, 6.45) is 6.44. The first-order valence-electron chi connectivity index (χ1n) is 7.81. The molecule has 0 saturated carbocycles. The Morgan fingerprint density at radius 2 is 2.15 bits per heavy atom. The van der Waals surface area contributed by atoms with E-state index in [4.69, 9.17) is 9.47 Å². The lowest BCUT2D eigenvalue weighted by Gasteiger charge is -2.12. The molecule has 20 heavy (non-hydrogen) atoms. The summed E-state index contributed by atoms with van der Waals surface area (Å²) in [5.74, 6) is 2.00. The molecule has 1 heterocycles. The van der Waals surface area contributed by atoms with E-state index in [1.165, 1.54) is 36.8 Å². The van der Waals surface area contributed by atoms with Crippen LogP contribution in [-0.2, 0) is 13.0 Å². The van der Waals surface area contributed by atoms with Crippen LogP contribution in [0.25, 0.3) is 0 Å². The van der Waals surface area contributed by atoms with Gasteiger partial charge >= 0.3 is 0 Å². The largest absolute Gasteiger partial charge is 0.496 e. The second kappa shape index (κ2) is 7.53. The van der Waals surface area contributed by atoms with Gasteiger partial charge in [0, 0.05) is 24.1 Å². The number of rotatable bonds is 8. The van der Waals surface area contributed by atoms with Gasteiger partial charge in [0.2, 0.25) is 0 Å². The van der Waals surface area contributed by atoms with Crippen molar-refractivity contribution >= 4 is 0 Å². The van der Waals surface area contributed by atoms with E-state index in [1.54, 1.807) is 7.11 Å². The average molecular weight is 277 g/mol. The maximum atomic E-state index is 5.82. The minimum absolute atomic E-state index is 0.284. The lowest BCUT2D eigenvalue weighted by atomic mass is 10.1. The summed E-state index contributed by atoms with van der Waals surface area (Å²) in [6.45, 7) is 6.26. The highest BCUT2D eigenvalue weighted by molar-refractivity contribution is 5.48. The molecule has 0 radical (unpaired) electrons. The van der Waals surface area contributed by atoms with Crippen molar-refractivity contribution in [2.75, 3.05) is 13.7 Å². The van der Waals surface area contributed by atoms with E-state index in [2.05, 4.69) is 31.3 Å². The Labute approximate surface area is 122 Å². The fraction of sp³-hybridized carbons (Fsp3) is 0.647. The summed E-state index contributed by atoms with van der Waals surface area (Å²) >= 11 is 0. The molecule has 0 aromatic heterocycles. The molecule has 1 atom stereocenters. The molecule has 2 rings (SSSR count). The van der Waals surface area contributed by atoms with Crippen molar-refractivity contribution in [3.63, 3.8) is 0 Å². The Hall–Kier alpha value is -1.22. The monoisotopic (exact) mass is 277 g/mol. The molecule has 0 fully saturated rings. The van der Waals surface area contributed by atoms with Crippen LogP contribution >= 0.6 is 0 Å². The molecule has 0 bridgehead atoms. The molecule has 1 aromatic carbocycles. The van der Waals surface area contributed by atoms with Crippen LogP contribution in [0.2, 0.25) is 0 Å². The number of unbranched alkanes of at least 4 members (excludes halogenated alkanes) is 3. The van der Waals surface area contributed by atoms with Gasteiger partial charge in [-0.25, -0.2) is 0 Å². The van der Waals surface area contributed by atoms with E-state index in [0.717, 1.165) is 31.0 Å². The first-order chi connectivity index (χ1) is 9.74. The zero-order valence-corrected chi connectivity index (χ0v) is 13.0. The third-order valence-electron chi connectivity index (χ3n) is 3.82. The van der Waals surface area contributed by atoms with Crippen molar-refractivity contribution in [1.82, 2.24) is 5.32 Å². The van der Waals surface area contributed by atoms with Crippen LogP contribution < -0.4 is 14.8 Å². The van der Waals surface area contributed by atoms with Crippen molar-refractivity contribution < 1.29 is 9.47 Å². The number of hydrogen-bond donors (Lipinski definition) is 1. The molecule has 1 unspecified atom stereocenters. The van der Waals surface area contributed by atoms with Gasteiger partial charge in [0.1, 0.15) is 17.6 Å². The number of ether oxygens (including phenoxy) is 2. The van der Waals surface area contributed by atoms with Gasteiger partial charge in [-0.05, 0) is 32.0 Å². The quantitative estimate of drug-likeness (QED) is 0.735. The molecule has 0 amide bonds. The smallest absolute Gasteiger partial charge is 0.123 e. The molecule has 1 aromatic rings. The van der Waals surface area contributed by atoms with Gasteiger partial charge in [0.15, 0.2) is 0 Å². The number of benzene rings is 1. The molecule has 112 valence electrons. The predicted molar refractivity (Wildman–Crippen MR) is 82.6 cm³/mol. The third-order valence-corrected chi connectivity index (χ3v) is 3.82. The number of nitrogens with one attached hydrogen (secondary N) is 1. The Kier molecular flexibility index (Phi) is 5.72. The summed E-state index contributed by atoms with van der Waals surface area (Å²) in [7, 11) is 1.74. The molecule has 0 spiro atoms. The van der Waals surface area contributed by atoms with Crippen LogP contribution in [0.1, 0.15) is 50.7 Å². The fourth-order valence-electron chi connectivity index (χ4n) is 2.71. The lowest BCUT2D eigenvalue weighted by Crippen LogP contribution is -2.15. The molecular weight excluding hydrogens is 250 g/mol. The van der Waals surface area contributed by atoms with Crippen LogP contribution in [-0.4, -0.2) is 19.8 Å². The van der Waals surface area contributed by atoms with Gasteiger partial charge in [-0.3, -0.25) is 0 Å². The van der Waals surface area contributed by atoms with E-state index in [0.29, 0.717) is 0 Å². The van der Waals surface area contributed by atoms with Crippen LogP contribution in [0.3, 0.4) is 0 Å². The maximum Gasteiger partial charge on any atom is 0.123 e. The summed E-state index contributed by atoms with van der Waals surface area (Å²) in [4.78, 5) is 0. The number of methoxy groups -OCH3 is 1. The zero-order chi connectivity index (χ0) is 14.4. The standard InChI is InChI=1S/C17H27NO2/c1-4-5-6-7-8-18-12-15-11-17-14(9-13(2)20-17)10-16(15)19-3/h10-11,13,18H,4-9,12H2,1-3H3. The Balaban J connectivity index is 1.89. The SMILES string of the molecule is CCCCCCNCc1cc2c(cc1OC)CC(C)O2. The Morgan fingerprint density at radius 3 is 2.90 bits per heavy atom. The molecule has 3 nitrogen and oxygen atoms in total. The highest BCUT2D eigenvalue weighted by atomic mass is 16.5. The second-order valence-electron chi connectivity index (χ2n) is 5.64. The third kappa shape index (κ3) is 3.89. The van der Waals surface area contributed by atoms with Gasteiger partial charge in [-0.1, -0.05) is 26.2 Å². The molecule has 0 aliphatic carbocycles. The van der Waals surface area contributed by atoms with Crippen molar-refractivity contribution in [3.8, 4) is 11.5 Å². The number of hydrogen-bond acceptors (Lipinski definition) is 3. The summed E-state index contributed by atoms with van der Waals surface area (Å²) in [5, 5.41) is 3.50. The van der Waals surface area contributed by atoms with Gasteiger partial charge in [-0.2, -0.15) is 0 Å². The first kappa shape index (κ1) is 15.2. The van der Waals surface area contributed by atoms with Crippen molar-refractivity contribution in [1.29, 1.82) is 0 Å². The minimum Gasteiger partial charge on any atom is -0.496 e. The van der Waals surface area contributed by atoms with Crippen LogP contribution in [0.5, 0.6) is 11.5 Å². The van der Waals surface area contributed by atoms with Crippen molar-refractivity contribution in [3.05, 3.63) is 23.3 Å². The molecule has 3 heteroatoms. The van der Waals surface area contributed by atoms with E-state index < -0.39 is 0 Å². The van der Waals surface area contributed by atoms with Crippen LogP contribution in [0.15, 0.2) is 12.1 Å². The average Bonchev–Trinajstić information content (AvgIpc) is 2.80. The highest BCUT2D eigenvalue weighted by Gasteiger charge is 2.21. The van der Waals surface area contributed by atoms with Crippen molar-refractivity contribution in [2.45, 2.75) is 58.6 Å². The molecule has 1 N–H and O–H groups in total. The molecule has 0 saturated heterocycles. The fourth-order valence-corrected chi connectivity index (χ4v) is 2.71. The molecule has 1 aliphatic rings. The summed E-state index contributed by atoms with van der Waals surface area (Å²) in [5.41, 5.74) is 2.46. The van der Waals surface area contributed by atoms with Crippen molar-refractivity contribution in [2.24, 2.45) is 0 Å². The second-order valence-corrected chi connectivity index (χ2v) is 5.64. The minimum atomic E-state index is 0.284.